The van der Waals surface area contributed by atoms with Crippen molar-refractivity contribution in [2.75, 3.05) is 19.6 Å². The molecule has 0 saturated heterocycles. The summed E-state index contributed by atoms with van der Waals surface area (Å²) in [7, 11) is 0. The highest BCUT2D eigenvalue weighted by atomic mass is 19.1. The molecule has 0 N–H and O–H groups in total. The van der Waals surface area contributed by atoms with E-state index in [4.69, 9.17) is 6.57 Å². The lowest BCUT2D eigenvalue weighted by molar-refractivity contribution is 0.627. The molecule has 30 aromatic rings. The van der Waals surface area contributed by atoms with Gasteiger partial charge in [-0.15, -0.1) is 0 Å². The molecular weight excluding hydrogens is 1790 g/mol. The zero-order chi connectivity index (χ0) is 96.6. The van der Waals surface area contributed by atoms with E-state index in [1.54, 1.807) is 0 Å². The van der Waals surface area contributed by atoms with Gasteiger partial charge in [0.2, 0.25) is 0 Å². The summed E-state index contributed by atoms with van der Waals surface area (Å²) in [6, 6.07) is 171. The SMILES string of the molecule is Fc1ccc(N(c2ccccc2)c2ccc3c4cccc5c6c(-c7ccccc7)c7c(c(-c8ccccc8)c6n(c3c2)c45)c2cccc3c4ccc(N(c5ccccc5)c5ccc(F)cc5)cc4n7c32)cc1.[C-]#[N+]c1ccc(N(c2ccccc2)c2ccc3c4cccc5c6c(-c7ccccc7)c7c(c(-c8ccccc8)c6n(c3c2)c45)c2cccc3c4ccc(N(c5ccccc5)c5ccc(C#N)cc5)cc4n7c32)cc1. The number of para-hydroxylation sites is 8. The highest BCUT2D eigenvalue weighted by Crippen LogP contribution is 2.59. The number of halogens is 2. The average Bonchev–Trinajstić information content (AvgIpc) is 1.49. The molecule has 0 saturated carbocycles. The molecule has 0 unspecified atom stereocenters. The molecule has 8 aromatic heterocycles. The van der Waals surface area contributed by atoms with Crippen molar-refractivity contribution < 1.29 is 8.78 Å². The van der Waals surface area contributed by atoms with E-state index in [0.29, 0.717) is 11.3 Å². The molecule has 0 aliphatic rings. The summed E-state index contributed by atoms with van der Waals surface area (Å²) in [6.45, 7) is 7.69. The normalized spacial score (nSPS) is 11.9. The molecule has 30 rings (SSSR count). The summed E-state index contributed by atoms with van der Waals surface area (Å²) in [5.41, 5.74) is 35.9. The molecule has 10 nitrogen and oxygen atoms in total. The van der Waals surface area contributed by atoms with Crippen LogP contribution in [0.3, 0.4) is 0 Å². The molecular formula is C134H80F2N10. The van der Waals surface area contributed by atoms with E-state index in [-0.39, 0.29) is 11.6 Å². The van der Waals surface area contributed by atoms with Crippen molar-refractivity contribution in [3.05, 3.63) is 514 Å². The van der Waals surface area contributed by atoms with Crippen molar-refractivity contribution in [1.82, 2.24) is 17.6 Å². The summed E-state index contributed by atoms with van der Waals surface area (Å²) in [5.74, 6) is -0.551. The number of hydrogen-bond acceptors (Lipinski definition) is 5. The summed E-state index contributed by atoms with van der Waals surface area (Å²) in [4.78, 5) is 12.7. The van der Waals surface area contributed by atoms with Gasteiger partial charge in [-0.25, -0.2) is 13.6 Å². The summed E-state index contributed by atoms with van der Waals surface area (Å²) < 4.78 is 39.2. The average molecular weight is 1870 g/mol. The number of nitrogens with zero attached hydrogens (tertiary/aromatic N) is 10. The third-order valence-corrected chi connectivity index (χ3v) is 30.0. The highest BCUT2D eigenvalue weighted by molar-refractivity contribution is 6.41. The first-order valence-electron chi connectivity index (χ1n) is 49.2. The van der Waals surface area contributed by atoms with Crippen LogP contribution in [-0.2, 0) is 0 Å². The Hall–Kier alpha value is -19.9. The van der Waals surface area contributed by atoms with Crippen molar-refractivity contribution in [3.63, 3.8) is 0 Å². The lowest BCUT2D eigenvalue weighted by Crippen LogP contribution is -2.09. The maximum Gasteiger partial charge on any atom is 0.187 e. The summed E-state index contributed by atoms with van der Waals surface area (Å²) in [6.07, 6.45) is 0. The zero-order valence-electron chi connectivity index (χ0n) is 78.4. The molecule has 0 aliphatic heterocycles. The standard InChI is InChI=1S/C68H40N6.C66H40F2N4/c1-70-46-30-34-50(35-31-46)72(48-22-12-5-13-23-48)52-37-39-54-56-25-15-27-58-64-61(44-16-6-2-7-17-44)67-63(62(45-18-8-3-9-19-45)68(64)74(66(56)58)60(54)41-52)57-26-14-24-55-53-38-36-51(40-59(53)73(67)65(55)57)71(47-20-10-4-11-21-47)49-32-28-43(42-69)29-33-49;67-43-27-31-47(32-28-43)69(45-19-9-3-10-20-45)49-35-37-51-54-24-14-26-56-62-60(42-17-7-2-8-18-42)66-61(59(41-15-5-1-6-16-41)65(62)71(64(54)56)57(51)39-49)55-25-13-23-53-52-38-36-50(40-58(52)72(66)63(53)55)70(46-21-11-4-12-22-46)48-33-29-44(68)30-34-48/h2-41H;1-40H. The molecule has 0 aliphatic carbocycles. The molecule has 22 aromatic carbocycles. The van der Waals surface area contributed by atoms with Crippen molar-refractivity contribution in [2.24, 2.45) is 0 Å². The van der Waals surface area contributed by atoms with Crippen LogP contribution in [0.4, 0.5) is 82.7 Å². The molecule has 680 valence electrons. The molecule has 146 heavy (non-hydrogen) atoms. The Morgan fingerprint density at radius 1 is 0.199 bits per heavy atom. The third kappa shape index (κ3) is 12.5. The first kappa shape index (κ1) is 83.1. The van der Waals surface area contributed by atoms with Gasteiger partial charge in [0.1, 0.15) is 11.6 Å². The van der Waals surface area contributed by atoms with Gasteiger partial charge in [-0.1, -0.05) is 303 Å². The molecule has 8 heterocycles. The maximum absolute atomic E-state index is 14.5. The van der Waals surface area contributed by atoms with Crippen LogP contribution in [0.2, 0.25) is 0 Å². The fraction of sp³-hybridized carbons (Fsp3) is 0. The van der Waals surface area contributed by atoms with Gasteiger partial charge in [0.05, 0.1) is 84.4 Å². The number of benzene rings is 22. The van der Waals surface area contributed by atoms with Gasteiger partial charge < -0.3 is 37.2 Å². The number of anilines is 12. The van der Waals surface area contributed by atoms with Crippen LogP contribution in [0.25, 0.3) is 202 Å². The Labute approximate surface area is 836 Å². The quantitative estimate of drug-likeness (QED) is 0.0903. The lowest BCUT2D eigenvalue weighted by atomic mass is 9.89. The minimum absolute atomic E-state index is 0.275. The first-order valence-corrected chi connectivity index (χ1v) is 49.2. The van der Waals surface area contributed by atoms with E-state index in [9.17, 15) is 14.0 Å². The van der Waals surface area contributed by atoms with E-state index in [0.717, 1.165) is 146 Å². The van der Waals surface area contributed by atoms with Gasteiger partial charge in [-0.3, -0.25) is 0 Å². The van der Waals surface area contributed by atoms with Gasteiger partial charge in [-0.05, 0) is 204 Å². The summed E-state index contributed by atoms with van der Waals surface area (Å²) in [5, 5.41) is 28.7. The lowest BCUT2D eigenvalue weighted by Gasteiger charge is -2.25. The van der Waals surface area contributed by atoms with Crippen LogP contribution in [0.5, 0.6) is 0 Å². The van der Waals surface area contributed by atoms with Crippen molar-refractivity contribution >= 4 is 226 Å². The number of hydrogen-bond donors (Lipinski definition) is 0. The van der Waals surface area contributed by atoms with Gasteiger partial charge in [0.15, 0.2) is 5.69 Å². The number of nitriles is 1. The van der Waals surface area contributed by atoms with Crippen molar-refractivity contribution in [1.29, 1.82) is 5.26 Å². The minimum Gasteiger partial charge on any atom is -0.311 e. The van der Waals surface area contributed by atoms with Crippen molar-refractivity contribution in [2.45, 2.75) is 0 Å². The Morgan fingerprint density at radius 3 is 0.637 bits per heavy atom. The molecule has 0 bridgehead atoms. The first-order chi connectivity index (χ1) is 72.2. The molecule has 0 spiro atoms. The molecule has 0 amide bonds. The molecule has 0 radical (unpaired) electrons. The van der Waals surface area contributed by atoms with E-state index in [1.165, 1.54) is 144 Å². The minimum atomic E-state index is -0.275. The Balaban J connectivity index is 0.000000138. The van der Waals surface area contributed by atoms with E-state index >= 15 is 0 Å². The van der Waals surface area contributed by atoms with E-state index in [2.05, 4.69) is 394 Å². The Kier molecular flexibility index (Phi) is 18.7. The number of aromatic nitrogens is 4. The maximum atomic E-state index is 14.5. The topological polar surface area (TPSA) is 58.8 Å². The van der Waals surface area contributed by atoms with Crippen LogP contribution in [0.15, 0.2) is 485 Å². The molecule has 0 fully saturated rings. The predicted molar refractivity (Wildman–Crippen MR) is 603 cm³/mol. The predicted octanol–water partition coefficient (Wildman–Crippen LogP) is 37.2. The second-order valence-corrected chi connectivity index (χ2v) is 37.7. The van der Waals surface area contributed by atoms with Crippen molar-refractivity contribution in [3.8, 4) is 50.6 Å². The second-order valence-electron chi connectivity index (χ2n) is 37.7. The largest absolute Gasteiger partial charge is 0.311 e. The van der Waals surface area contributed by atoms with Crippen LogP contribution >= 0.6 is 0 Å². The summed E-state index contributed by atoms with van der Waals surface area (Å²) >= 11 is 0. The van der Waals surface area contributed by atoms with Crippen LogP contribution < -0.4 is 19.6 Å². The highest BCUT2D eigenvalue weighted by Gasteiger charge is 2.36. The fourth-order valence-electron chi connectivity index (χ4n) is 24.1. The number of rotatable bonds is 16. The fourth-order valence-corrected chi connectivity index (χ4v) is 24.1. The Bertz CT molecular complexity index is 9910. The van der Waals surface area contributed by atoms with E-state index in [1.807, 2.05) is 115 Å². The van der Waals surface area contributed by atoms with Gasteiger partial charge >= 0.3 is 0 Å². The van der Waals surface area contributed by atoms with Gasteiger partial charge in [-0.2, -0.15) is 5.26 Å². The number of fused-ring (bicyclic) bond motifs is 24. The van der Waals surface area contributed by atoms with Gasteiger partial charge in [0, 0.05) is 177 Å². The monoisotopic (exact) mass is 1870 g/mol. The van der Waals surface area contributed by atoms with E-state index < -0.39 is 0 Å². The second kappa shape index (κ2) is 32.9. The van der Waals surface area contributed by atoms with Crippen LogP contribution in [0, 0.1) is 29.5 Å². The van der Waals surface area contributed by atoms with Gasteiger partial charge in [0.25, 0.3) is 0 Å². The third-order valence-electron chi connectivity index (χ3n) is 30.0. The smallest absolute Gasteiger partial charge is 0.187 e. The van der Waals surface area contributed by atoms with Crippen LogP contribution in [0.1, 0.15) is 5.56 Å². The van der Waals surface area contributed by atoms with Crippen LogP contribution in [-0.4, -0.2) is 17.6 Å². The molecule has 0 atom stereocenters. The zero-order valence-corrected chi connectivity index (χ0v) is 78.4. The molecule has 12 heteroatoms. The Morgan fingerprint density at radius 2 is 0.404 bits per heavy atom.